The molecule has 5 rings (SSSR count). The quantitative estimate of drug-likeness (QED) is 0.565. The minimum atomic E-state index is -0.505. The Morgan fingerprint density at radius 2 is 1.77 bits per heavy atom. The van der Waals surface area contributed by atoms with Crippen molar-refractivity contribution in [2.75, 3.05) is 0 Å². The van der Waals surface area contributed by atoms with Crippen LogP contribution in [0.4, 0.5) is 0 Å². The molecule has 2 aliphatic heterocycles. The lowest BCUT2D eigenvalue weighted by molar-refractivity contribution is 0.0827. The van der Waals surface area contributed by atoms with Crippen LogP contribution in [0.3, 0.4) is 0 Å². The van der Waals surface area contributed by atoms with Crippen LogP contribution in [0.15, 0.2) is 39.6 Å². The molecule has 0 amide bonds. The number of rotatable bonds is 1. The second-order valence-corrected chi connectivity index (χ2v) is 9.33. The number of hydrogen-bond acceptors (Lipinski definition) is 6. The fourth-order valence-corrected chi connectivity index (χ4v) is 4.22. The van der Waals surface area contributed by atoms with E-state index in [1.807, 2.05) is 39.8 Å². The second-order valence-electron chi connectivity index (χ2n) is 9.33. The van der Waals surface area contributed by atoms with Gasteiger partial charge >= 0.3 is 0 Å². The van der Waals surface area contributed by atoms with Gasteiger partial charge in [0, 0.05) is 17.7 Å². The number of hydrogen-bond donors (Lipinski definition) is 2. The van der Waals surface area contributed by atoms with Gasteiger partial charge in [-0.3, -0.25) is 4.79 Å². The highest BCUT2D eigenvalue weighted by Gasteiger charge is 2.36. The summed E-state index contributed by atoms with van der Waals surface area (Å²) in [7, 11) is 0. The van der Waals surface area contributed by atoms with E-state index in [0.29, 0.717) is 33.6 Å². The van der Waals surface area contributed by atoms with Gasteiger partial charge in [0.25, 0.3) is 0 Å². The number of phenols is 2. The number of fused-ring (bicyclic) bond motifs is 6. The van der Waals surface area contributed by atoms with Crippen LogP contribution in [0, 0.1) is 0 Å². The minimum Gasteiger partial charge on any atom is -0.508 e. The van der Waals surface area contributed by atoms with Gasteiger partial charge in [-0.2, -0.15) is 0 Å². The zero-order valence-electron chi connectivity index (χ0n) is 17.9. The molecule has 160 valence electrons. The second kappa shape index (κ2) is 6.30. The molecule has 0 saturated heterocycles. The van der Waals surface area contributed by atoms with E-state index in [1.54, 1.807) is 0 Å². The summed E-state index contributed by atoms with van der Waals surface area (Å²) in [6, 6.07) is 5.50. The van der Waals surface area contributed by atoms with Crippen molar-refractivity contribution in [1.82, 2.24) is 0 Å². The molecule has 0 radical (unpaired) electrons. The molecule has 0 atom stereocenters. The van der Waals surface area contributed by atoms with Crippen LogP contribution in [-0.2, 0) is 6.42 Å². The van der Waals surface area contributed by atoms with Crippen molar-refractivity contribution in [3.8, 4) is 34.3 Å². The van der Waals surface area contributed by atoms with Gasteiger partial charge in [-0.25, -0.2) is 0 Å². The molecule has 1 aromatic heterocycles. The standard InChI is InChI=1S/C25H24O6/c1-24(2)9-7-15-21(30-24)16-8-10-25(3,4)31-23(16)20-18(28)12-19(29-22(15)20)14-6-5-13(26)11-17(14)27/h5-7,9,11-12,26-27H,8,10H2,1-4H3. The van der Waals surface area contributed by atoms with Gasteiger partial charge in [-0.15, -0.1) is 0 Å². The lowest BCUT2D eigenvalue weighted by Crippen LogP contribution is -2.35. The van der Waals surface area contributed by atoms with Crippen LogP contribution < -0.4 is 14.9 Å². The molecule has 3 heterocycles. The molecule has 2 aliphatic rings. The molecule has 3 aromatic rings. The summed E-state index contributed by atoms with van der Waals surface area (Å²) >= 11 is 0. The molecular formula is C25H24O6. The van der Waals surface area contributed by atoms with Gasteiger partial charge < -0.3 is 24.1 Å². The fraction of sp³-hybridized carbons (Fsp3) is 0.320. The van der Waals surface area contributed by atoms with Crippen LogP contribution in [-0.4, -0.2) is 21.4 Å². The van der Waals surface area contributed by atoms with Gasteiger partial charge in [-0.05, 0) is 64.8 Å². The van der Waals surface area contributed by atoms with Crippen molar-refractivity contribution < 1.29 is 24.1 Å². The summed E-state index contributed by atoms with van der Waals surface area (Å²) in [5, 5.41) is 20.3. The number of phenolic OH excluding ortho intramolecular Hbond substituents is 2. The van der Waals surface area contributed by atoms with E-state index >= 15 is 0 Å². The first kappa shape index (κ1) is 19.5. The maximum Gasteiger partial charge on any atom is 0.197 e. The Morgan fingerprint density at radius 1 is 1.00 bits per heavy atom. The molecule has 0 saturated carbocycles. The van der Waals surface area contributed by atoms with E-state index in [9.17, 15) is 15.0 Å². The molecule has 0 aliphatic carbocycles. The zero-order valence-corrected chi connectivity index (χ0v) is 17.9. The number of benzene rings is 2. The molecule has 2 N–H and O–H groups in total. The molecule has 0 spiro atoms. The van der Waals surface area contributed by atoms with Crippen molar-refractivity contribution in [2.45, 2.75) is 51.7 Å². The van der Waals surface area contributed by atoms with E-state index in [2.05, 4.69) is 0 Å². The Bertz CT molecular complexity index is 1330. The first-order valence-electron chi connectivity index (χ1n) is 10.3. The molecule has 2 aromatic carbocycles. The van der Waals surface area contributed by atoms with Crippen LogP contribution in [0.1, 0.15) is 45.2 Å². The van der Waals surface area contributed by atoms with Gasteiger partial charge in [0.1, 0.15) is 45.3 Å². The SMILES string of the molecule is CC1(C)C=Cc2c(c3c(c4c(=O)cc(-c5ccc(O)cc5O)oc24)OC(C)(C)CC3)O1. The van der Waals surface area contributed by atoms with Crippen molar-refractivity contribution in [2.24, 2.45) is 0 Å². The minimum absolute atomic E-state index is 0.0787. The molecule has 6 heteroatoms. The number of aromatic hydroxyl groups is 2. The summed E-state index contributed by atoms with van der Waals surface area (Å²) in [5.74, 6) is 1.11. The van der Waals surface area contributed by atoms with E-state index in [4.69, 9.17) is 13.9 Å². The summed E-state index contributed by atoms with van der Waals surface area (Å²) < 4.78 is 18.8. The maximum atomic E-state index is 13.3. The van der Waals surface area contributed by atoms with E-state index in [0.717, 1.165) is 18.4 Å². The third-order valence-electron chi connectivity index (χ3n) is 5.83. The maximum absolute atomic E-state index is 13.3. The third-order valence-corrected chi connectivity index (χ3v) is 5.83. The molecular weight excluding hydrogens is 396 g/mol. The Hall–Kier alpha value is -3.41. The van der Waals surface area contributed by atoms with Crippen LogP contribution in [0.2, 0.25) is 0 Å². The number of ether oxygens (including phenoxy) is 2. The largest absolute Gasteiger partial charge is 0.508 e. The summed E-state index contributed by atoms with van der Waals surface area (Å²) in [6.45, 7) is 7.93. The van der Waals surface area contributed by atoms with Gasteiger partial charge in [0.2, 0.25) is 0 Å². The predicted molar refractivity (Wildman–Crippen MR) is 118 cm³/mol. The van der Waals surface area contributed by atoms with E-state index in [1.165, 1.54) is 24.3 Å². The zero-order chi connectivity index (χ0) is 22.1. The molecule has 0 fully saturated rings. The summed E-state index contributed by atoms with van der Waals surface area (Å²) in [4.78, 5) is 13.3. The highest BCUT2D eigenvalue weighted by molar-refractivity contribution is 5.96. The summed E-state index contributed by atoms with van der Waals surface area (Å²) in [6.07, 6.45) is 5.38. The molecule has 0 bridgehead atoms. The predicted octanol–water partition coefficient (Wildman–Crippen LogP) is 5.16. The van der Waals surface area contributed by atoms with Gasteiger partial charge in [0.15, 0.2) is 11.0 Å². The van der Waals surface area contributed by atoms with Crippen LogP contribution >= 0.6 is 0 Å². The fourth-order valence-electron chi connectivity index (χ4n) is 4.22. The highest BCUT2D eigenvalue weighted by Crippen LogP contribution is 2.49. The van der Waals surface area contributed by atoms with E-state index < -0.39 is 11.2 Å². The smallest absolute Gasteiger partial charge is 0.197 e. The third kappa shape index (κ3) is 3.14. The van der Waals surface area contributed by atoms with E-state index in [-0.39, 0.29) is 22.7 Å². The Balaban J connectivity index is 1.86. The first-order chi connectivity index (χ1) is 14.5. The van der Waals surface area contributed by atoms with Crippen molar-refractivity contribution in [3.05, 3.63) is 51.7 Å². The summed E-state index contributed by atoms with van der Waals surface area (Å²) in [5.41, 5.74) is 1.04. The molecule has 31 heavy (non-hydrogen) atoms. The van der Waals surface area contributed by atoms with Gasteiger partial charge in [-0.1, -0.05) is 0 Å². The molecule has 0 unspecified atom stereocenters. The topological polar surface area (TPSA) is 89.1 Å². The Labute approximate surface area is 179 Å². The normalized spacial score (nSPS) is 18.1. The Kier molecular flexibility index (Phi) is 3.97. The monoisotopic (exact) mass is 420 g/mol. The lowest BCUT2D eigenvalue weighted by Gasteiger charge is -2.37. The van der Waals surface area contributed by atoms with Crippen LogP contribution in [0.5, 0.6) is 23.0 Å². The highest BCUT2D eigenvalue weighted by atomic mass is 16.5. The van der Waals surface area contributed by atoms with Crippen molar-refractivity contribution >= 4 is 17.0 Å². The molecule has 6 nitrogen and oxygen atoms in total. The van der Waals surface area contributed by atoms with Crippen LogP contribution in [0.25, 0.3) is 28.4 Å². The van der Waals surface area contributed by atoms with Crippen molar-refractivity contribution in [3.63, 3.8) is 0 Å². The van der Waals surface area contributed by atoms with Gasteiger partial charge in [0.05, 0.1) is 11.1 Å². The van der Waals surface area contributed by atoms with Crippen molar-refractivity contribution in [1.29, 1.82) is 0 Å². The first-order valence-corrected chi connectivity index (χ1v) is 10.3. The lowest BCUT2D eigenvalue weighted by atomic mass is 9.89. The average molecular weight is 420 g/mol. The Morgan fingerprint density at radius 3 is 2.52 bits per heavy atom. The average Bonchev–Trinajstić information content (AvgIpc) is 2.66.